The fourth-order valence-electron chi connectivity index (χ4n) is 2.40. The maximum Gasteiger partial charge on any atom is 0.235 e. The number of amides is 1. The van der Waals surface area contributed by atoms with Gasteiger partial charge in [-0.15, -0.1) is 11.8 Å². The molecule has 0 unspecified atom stereocenters. The molecule has 1 heterocycles. The average molecular weight is 284 g/mol. The van der Waals surface area contributed by atoms with Crippen molar-refractivity contribution in [3.8, 4) is 0 Å². The van der Waals surface area contributed by atoms with Gasteiger partial charge in [0.15, 0.2) is 0 Å². The van der Waals surface area contributed by atoms with Crippen LogP contribution in [-0.4, -0.2) is 16.6 Å². The second kappa shape index (κ2) is 6.09. The number of aromatic nitrogens is 1. The highest BCUT2D eigenvalue weighted by Crippen LogP contribution is 2.27. The minimum atomic E-state index is -0.0193. The van der Waals surface area contributed by atoms with Crippen LogP contribution in [-0.2, 0) is 17.6 Å². The summed E-state index contributed by atoms with van der Waals surface area (Å²) in [5, 5.41) is 2.79. The molecule has 102 valence electrons. The Bertz CT molecular complexity index is 613. The van der Waals surface area contributed by atoms with Gasteiger partial charge in [-0.1, -0.05) is 12.1 Å². The van der Waals surface area contributed by atoms with Gasteiger partial charge in [0.1, 0.15) is 5.82 Å². The first-order valence-corrected chi connectivity index (χ1v) is 7.75. The number of fused-ring (bicyclic) bond motifs is 1. The Morgan fingerprint density at radius 1 is 1.20 bits per heavy atom. The highest BCUT2D eigenvalue weighted by atomic mass is 32.2. The molecule has 1 aliphatic carbocycles. The van der Waals surface area contributed by atoms with Crippen LogP contribution in [0.3, 0.4) is 0 Å². The highest BCUT2D eigenvalue weighted by Gasteiger charge is 2.11. The summed E-state index contributed by atoms with van der Waals surface area (Å²) in [5.74, 6) is 0.997. The minimum Gasteiger partial charge on any atom is -0.310 e. The van der Waals surface area contributed by atoms with Crippen molar-refractivity contribution < 1.29 is 4.79 Å². The number of aryl methyl sites for hydroxylation is 2. The van der Waals surface area contributed by atoms with Crippen LogP contribution in [0, 0.1) is 0 Å². The van der Waals surface area contributed by atoms with Gasteiger partial charge in [0, 0.05) is 11.1 Å². The Morgan fingerprint density at radius 2 is 2.10 bits per heavy atom. The topological polar surface area (TPSA) is 42.0 Å². The highest BCUT2D eigenvalue weighted by molar-refractivity contribution is 8.00. The van der Waals surface area contributed by atoms with Gasteiger partial charge < -0.3 is 5.32 Å². The Balaban J connectivity index is 1.55. The second-order valence-corrected chi connectivity index (χ2v) is 5.88. The fraction of sp³-hybridized carbons (Fsp3) is 0.250. The van der Waals surface area contributed by atoms with Crippen LogP contribution in [0.2, 0.25) is 0 Å². The maximum atomic E-state index is 11.8. The predicted octanol–water partition coefficient (Wildman–Crippen LogP) is 3.30. The van der Waals surface area contributed by atoms with Crippen LogP contribution < -0.4 is 5.32 Å². The smallest absolute Gasteiger partial charge is 0.235 e. The molecule has 0 saturated heterocycles. The first kappa shape index (κ1) is 13.2. The monoisotopic (exact) mass is 284 g/mol. The van der Waals surface area contributed by atoms with Gasteiger partial charge in [-0.2, -0.15) is 0 Å². The number of nitrogens with zero attached hydrogens (tertiary/aromatic N) is 1. The van der Waals surface area contributed by atoms with Gasteiger partial charge in [0.25, 0.3) is 0 Å². The number of benzene rings is 1. The average Bonchev–Trinajstić information content (AvgIpc) is 2.93. The zero-order chi connectivity index (χ0) is 13.8. The van der Waals surface area contributed by atoms with Crippen LogP contribution >= 0.6 is 11.8 Å². The lowest BCUT2D eigenvalue weighted by Gasteiger charge is -2.06. The third-order valence-electron chi connectivity index (χ3n) is 3.37. The van der Waals surface area contributed by atoms with E-state index < -0.39 is 0 Å². The lowest BCUT2D eigenvalue weighted by molar-refractivity contribution is -0.113. The van der Waals surface area contributed by atoms with Gasteiger partial charge in [-0.3, -0.25) is 4.79 Å². The molecule has 0 fully saturated rings. The molecule has 1 aromatic heterocycles. The van der Waals surface area contributed by atoms with Crippen molar-refractivity contribution >= 4 is 23.5 Å². The van der Waals surface area contributed by atoms with Crippen molar-refractivity contribution in [1.29, 1.82) is 0 Å². The van der Waals surface area contributed by atoms with E-state index in [2.05, 4.69) is 28.5 Å². The van der Waals surface area contributed by atoms with Crippen LogP contribution in [0.15, 0.2) is 47.5 Å². The summed E-state index contributed by atoms with van der Waals surface area (Å²) in [6.07, 6.45) is 5.29. The molecule has 0 atom stereocenters. The van der Waals surface area contributed by atoms with Gasteiger partial charge in [-0.25, -0.2) is 4.98 Å². The number of hydrogen-bond acceptors (Lipinski definition) is 3. The molecule has 1 aliphatic rings. The summed E-state index contributed by atoms with van der Waals surface area (Å²) in [7, 11) is 0. The number of pyridine rings is 1. The van der Waals surface area contributed by atoms with Gasteiger partial charge >= 0.3 is 0 Å². The van der Waals surface area contributed by atoms with Crippen LogP contribution in [0.5, 0.6) is 0 Å². The Kier molecular flexibility index (Phi) is 4.02. The lowest BCUT2D eigenvalue weighted by Crippen LogP contribution is -2.14. The molecule has 0 spiro atoms. The van der Waals surface area contributed by atoms with Crippen molar-refractivity contribution in [2.24, 2.45) is 0 Å². The summed E-state index contributed by atoms with van der Waals surface area (Å²) in [6, 6.07) is 12.0. The summed E-state index contributed by atoms with van der Waals surface area (Å²) in [6.45, 7) is 0. The van der Waals surface area contributed by atoms with Gasteiger partial charge in [0.05, 0.1) is 5.75 Å². The number of thioether (sulfide) groups is 1. The van der Waals surface area contributed by atoms with E-state index >= 15 is 0 Å². The third-order valence-corrected chi connectivity index (χ3v) is 4.37. The molecular weight excluding hydrogens is 268 g/mol. The SMILES string of the molecule is O=C(CSc1ccc2c(c1)CCC2)Nc1ccccn1. The van der Waals surface area contributed by atoms with Crippen LogP contribution in [0.4, 0.5) is 5.82 Å². The quantitative estimate of drug-likeness (QED) is 0.876. The van der Waals surface area contributed by atoms with Gasteiger partial charge in [-0.05, 0) is 54.7 Å². The van der Waals surface area contributed by atoms with Crippen molar-refractivity contribution in [2.75, 3.05) is 11.1 Å². The van der Waals surface area contributed by atoms with E-state index in [1.165, 1.54) is 35.3 Å². The number of anilines is 1. The Hall–Kier alpha value is -1.81. The van der Waals surface area contributed by atoms with E-state index in [0.29, 0.717) is 11.6 Å². The van der Waals surface area contributed by atoms with E-state index in [4.69, 9.17) is 0 Å². The van der Waals surface area contributed by atoms with E-state index in [9.17, 15) is 4.79 Å². The van der Waals surface area contributed by atoms with Crippen molar-refractivity contribution in [2.45, 2.75) is 24.2 Å². The number of carbonyl (C=O) groups is 1. The van der Waals surface area contributed by atoms with E-state index in [0.717, 1.165) is 0 Å². The summed E-state index contributed by atoms with van der Waals surface area (Å²) >= 11 is 1.57. The molecule has 0 bridgehead atoms. The third kappa shape index (κ3) is 3.20. The van der Waals surface area contributed by atoms with E-state index in [1.54, 1.807) is 24.0 Å². The number of carbonyl (C=O) groups excluding carboxylic acids is 1. The zero-order valence-electron chi connectivity index (χ0n) is 11.1. The molecule has 0 saturated carbocycles. The number of rotatable bonds is 4. The molecule has 20 heavy (non-hydrogen) atoms. The normalized spacial score (nSPS) is 13.0. The Labute approximate surface area is 122 Å². The molecule has 0 radical (unpaired) electrons. The van der Waals surface area contributed by atoms with E-state index in [-0.39, 0.29) is 5.91 Å². The summed E-state index contributed by atoms with van der Waals surface area (Å²) in [5.41, 5.74) is 2.91. The summed E-state index contributed by atoms with van der Waals surface area (Å²) in [4.78, 5) is 17.1. The van der Waals surface area contributed by atoms with Crippen molar-refractivity contribution in [3.05, 3.63) is 53.7 Å². The fourth-order valence-corrected chi connectivity index (χ4v) is 3.16. The van der Waals surface area contributed by atoms with Gasteiger partial charge in [0.2, 0.25) is 5.91 Å². The molecule has 1 amide bonds. The largest absolute Gasteiger partial charge is 0.310 e. The second-order valence-electron chi connectivity index (χ2n) is 4.84. The minimum absolute atomic E-state index is 0.0193. The Morgan fingerprint density at radius 3 is 2.95 bits per heavy atom. The molecule has 1 N–H and O–H groups in total. The van der Waals surface area contributed by atoms with Crippen LogP contribution in [0.25, 0.3) is 0 Å². The summed E-state index contributed by atoms with van der Waals surface area (Å²) < 4.78 is 0. The molecule has 0 aliphatic heterocycles. The molecule has 3 nitrogen and oxygen atoms in total. The van der Waals surface area contributed by atoms with Crippen molar-refractivity contribution in [3.63, 3.8) is 0 Å². The van der Waals surface area contributed by atoms with Crippen LogP contribution in [0.1, 0.15) is 17.5 Å². The zero-order valence-corrected chi connectivity index (χ0v) is 12.0. The molecule has 1 aromatic carbocycles. The molecule has 4 heteroatoms. The molecule has 3 rings (SSSR count). The van der Waals surface area contributed by atoms with Crippen molar-refractivity contribution in [1.82, 2.24) is 4.98 Å². The predicted molar refractivity (Wildman–Crippen MR) is 82.1 cm³/mol. The first-order chi connectivity index (χ1) is 9.81. The number of nitrogens with one attached hydrogen (secondary N) is 1. The molecule has 2 aromatic rings. The lowest BCUT2D eigenvalue weighted by atomic mass is 10.1. The first-order valence-electron chi connectivity index (χ1n) is 6.77. The maximum absolute atomic E-state index is 11.8. The standard InChI is InChI=1S/C16H16N2OS/c19-16(18-15-6-1-2-9-17-15)11-20-14-8-7-12-4-3-5-13(12)10-14/h1-2,6-10H,3-5,11H2,(H,17,18,19). The molecular formula is C16H16N2OS. The van der Waals surface area contributed by atoms with E-state index in [1.807, 2.05) is 12.1 Å². The number of hydrogen-bond donors (Lipinski definition) is 1.